The zero-order valence-corrected chi connectivity index (χ0v) is 14.6. The van der Waals surface area contributed by atoms with Crippen LogP contribution in [0, 0.1) is 14.9 Å². The minimum Gasteiger partial charge on any atom is -0.369 e. The summed E-state index contributed by atoms with van der Waals surface area (Å²) in [5.74, 6) is 0. The summed E-state index contributed by atoms with van der Waals surface area (Å²) in [4.78, 5) is 15.0. The van der Waals surface area contributed by atoms with Crippen molar-refractivity contribution in [2.45, 2.75) is 25.6 Å². The Balaban J connectivity index is 1.35. The lowest BCUT2D eigenvalue weighted by Gasteiger charge is -2.35. The van der Waals surface area contributed by atoms with Crippen LogP contribution in [0.15, 0.2) is 30.6 Å². The molecular weight excluding hydrogens is 340 g/mol. The maximum Gasteiger partial charge on any atom is 0.269 e. The van der Waals surface area contributed by atoms with Gasteiger partial charge in [-0.15, -0.1) is 0 Å². The molecule has 2 aromatic rings. The summed E-state index contributed by atoms with van der Waals surface area (Å²) in [5.41, 5.74) is 1.16. The van der Waals surface area contributed by atoms with E-state index in [2.05, 4.69) is 19.5 Å². The normalized spacial score (nSPS) is 18.5. The molecule has 1 saturated carbocycles. The molecule has 132 valence electrons. The Morgan fingerprint density at radius 1 is 1.16 bits per heavy atom. The predicted octanol–water partition coefficient (Wildman–Crippen LogP) is 2.44. The molecule has 2 aliphatic rings. The molecule has 25 heavy (non-hydrogen) atoms. The van der Waals surface area contributed by atoms with Gasteiger partial charge in [-0.3, -0.25) is 15.0 Å². The Kier molecular flexibility index (Phi) is 4.26. The van der Waals surface area contributed by atoms with Crippen molar-refractivity contribution in [2.24, 2.45) is 0 Å². The molecule has 2 heterocycles. The maximum atomic E-state index is 10.7. The fourth-order valence-electron chi connectivity index (χ4n) is 3.17. The molecule has 1 aromatic carbocycles. The van der Waals surface area contributed by atoms with Crippen molar-refractivity contribution in [1.29, 1.82) is 0 Å². The summed E-state index contributed by atoms with van der Waals surface area (Å²) in [5, 5.41) is 15.2. The number of aromatic nitrogens is 3. The molecule has 2 fully saturated rings. The molecule has 0 radical (unpaired) electrons. The molecule has 1 aliphatic carbocycles. The smallest absolute Gasteiger partial charge is 0.269 e. The molecule has 1 saturated heterocycles. The van der Waals surface area contributed by atoms with Gasteiger partial charge in [-0.1, -0.05) is 0 Å². The van der Waals surface area contributed by atoms with Crippen molar-refractivity contribution >= 4 is 23.6 Å². The van der Waals surface area contributed by atoms with Crippen LogP contribution in [0.2, 0.25) is 0 Å². The number of benzene rings is 1. The minimum absolute atomic E-state index is 0.128. The third-order valence-corrected chi connectivity index (χ3v) is 5.25. The van der Waals surface area contributed by atoms with Crippen LogP contribution in [0.5, 0.6) is 0 Å². The van der Waals surface area contributed by atoms with Gasteiger partial charge in [0.15, 0.2) is 4.77 Å². The number of piperazine rings is 1. The summed E-state index contributed by atoms with van der Waals surface area (Å²) in [6, 6.07) is 7.32. The monoisotopic (exact) mass is 360 g/mol. The molecule has 9 heteroatoms. The van der Waals surface area contributed by atoms with Gasteiger partial charge in [-0.2, -0.15) is 5.10 Å². The van der Waals surface area contributed by atoms with E-state index in [0.717, 1.165) is 36.6 Å². The second-order valence-corrected chi connectivity index (χ2v) is 6.94. The third kappa shape index (κ3) is 3.42. The Labute approximate surface area is 150 Å². The van der Waals surface area contributed by atoms with Crippen molar-refractivity contribution in [3.63, 3.8) is 0 Å². The van der Waals surface area contributed by atoms with E-state index >= 15 is 0 Å². The van der Waals surface area contributed by atoms with E-state index in [1.807, 2.05) is 23.1 Å². The number of non-ortho nitro benzene ring substituents is 1. The van der Waals surface area contributed by atoms with Gasteiger partial charge in [0.1, 0.15) is 6.33 Å². The van der Waals surface area contributed by atoms with Gasteiger partial charge in [0.2, 0.25) is 0 Å². The Morgan fingerprint density at radius 3 is 2.44 bits per heavy atom. The van der Waals surface area contributed by atoms with Crippen LogP contribution in [0.1, 0.15) is 18.9 Å². The number of rotatable bonds is 5. The highest BCUT2D eigenvalue weighted by Crippen LogP contribution is 2.34. The lowest BCUT2D eigenvalue weighted by Crippen LogP contribution is -2.47. The summed E-state index contributed by atoms with van der Waals surface area (Å²) < 4.78 is 4.80. The fourth-order valence-corrected chi connectivity index (χ4v) is 3.47. The van der Waals surface area contributed by atoms with Crippen molar-refractivity contribution in [2.75, 3.05) is 31.1 Å². The van der Waals surface area contributed by atoms with E-state index in [1.165, 1.54) is 12.8 Å². The van der Waals surface area contributed by atoms with Crippen molar-refractivity contribution in [3.8, 4) is 0 Å². The van der Waals surface area contributed by atoms with E-state index < -0.39 is 0 Å². The first-order valence-electron chi connectivity index (χ1n) is 8.47. The molecule has 0 spiro atoms. The van der Waals surface area contributed by atoms with Gasteiger partial charge in [-0.25, -0.2) is 4.68 Å². The van der Waals surface area contributed by atoms with Crippen molar-refractivity contribution in [1.82, 2.24) is 19.2 Å². The maximum absolute atomic E-state index is 10.7. The molecule has 0 unspecified atom stereocenters. The molecule has 0 bridgehead atoms. The molecule has 4 rings (SSSR count). The zero-order chi connectivity index (χ0) is 17.4. The van der Waals surface area contributed by atoms with E-state index in [0.29, 0.717) is 12.7 Å². The largest absolute Gasteiger partial charge is 0.369 e. The number of hydrogen-bond donors (Lipinski definition) is 0. The van der Waals surface area contributed by atoms with Crippen LogP contribution in [-0.4, -0.2) is 50.3 Å². The van der Waals surface area contributed by atoms with Crippen LogP contribution in [0.3, 0.4) is 0 Å². The average Bonchev–Trinajstić information content (AvgIpc) is 3.41. The molecule has 0 atom stereocenters. The fraction of sp³-hybridized carbons (Fsp3) is 0.500. The lowest BCUT2D eigenvalue weighted by atomic mass is 10.2. The van der Waals surface area contributed by atoms with E-state index in [4.69, 9.17) is 12.2 Å². The van der Waals surface area contributed by atoms with Crippen LogP contribution in [0.25, 0.3) is 0 Å². The lowest BCUT2D eigenvalue weighted by molar-refractivity contribution is -0.384. The Hall–Kier alpha value is -2.26. The van der Waals surface area contributed by atoms with Crippen LogP contribution >= 0.6 is 12.2 Å². The Bertz CT molecular complexity index is 818. The predicted molar refractivity (Wildman–Crippen MR) is 96.2 cm³/mol. The summed E-state index contributed by atoms with van der Waals surface area (Å²) >= 11 is 5.51. The van der Waals surface area contributed by atoms with Crippen LogP contribution < -0.4 is 4.90 Å². The molecule has 1 aliphatic heterocycles. The Morgan fingerprint density at radius 2 is 1.84 bits per heavy atom. The molecule has 0 amide bonds. The van der Waals surface area contributed by atoms with Gasteiger partial charge in [0, 0.05) is 50.0 Å². The number of nitro benzene ring substituents is 1. The van der Waals surface area contributed by atoms with E-state index in [-0.39, 0.29) is 10.6 Å². The first-order chi connectivity index (χ1) is 12.1. The quantitative estimate of drug-likeness (QED) is 0.463. The standard InChI is InChI=1S/C16H20N6O2S/c23-22(24)15-5-1-13(2-6-15)19-9-7-18(8-10-19)12-21-16(25)20(11-17-21)14-3-4-14/h1-2,5-6,11,14H,3-4,7-10,12H2. The zero-order valence-electron chi connectivity index (χ0n) is 13.8. The van der Waals surface area contributed by atoms with Crippen molar-refractivity contribution in [3.05, 3.63) is 45.5 Å². The number of hydrogen-bond acceptors (Lipinski definition) is 6. The second kappa shape index (κ2) is 6.57. The number of anilines is 1. The third-order valence-electron chi connectivity index (χ3n) is 4.83. The summed E-state index contributed by atoms with van der Waals surface area (Å²) in [7, 11) is 0. The molecule has 0 N–H and O–H groups in total. The molecule has 1 aromatic heterocycles. The number of nitrogens with zero attached hydrogens (tertiary/aromatic N) is 6. The minimum atomic E-state index is -0.369. The van der Waals surface area contributed by atoms with Gasteiger partial charge < -0.3 is 9.47 Å². The van der Waals surface area contributed by atoms with Gasteiger partial charge in [0.25, 0.3) is 5.69 Å². The molecular formula is C16H20N6O2S. The second-order valence-electron chi connectivity index (χ2n) is 6.57. The topological polar surface area (TPSA) is 72.4 Å². The van der Waals surface area contributed by atoms with Crippen LogP contribution in [0.4, 0.5) is 11.4 Å². The molecule has 8 nitrogen and oxygen atoms in total. The van der Waals surface area contributed by atoms with Crippen molar-refractivity contribution < 1.29 is 4.92 Å². The first kappa shape index (κ1) is 16.2. The van der Waals surface area contributed by atoms with Gasteiger partial charge >= 0.3 is 0 Å². The van der Waals surface area contributed by atoms with E-state index in [1.54, 1.807) is 12.1 Å². The summed E-state index contributed by atoms with van der Waals surface area (Å²) in [6.07, 6.45) is 4.26. The SMILES string of the molecule is O=[N+]([O-])c1ccc(N2CCN(Cn3ncn(C4CC4)c3=S)CC2)cc1. The number of nitro groups is 1. The van der Waals surface area contributed by atoms with Gasteiger partial charge in [0.05, 0.1) is 11.6 Å². The highest BCUT2D eigenvalue weighted by Gasteiger charge is 2.25. The summed E-state index contributed by atoms with van der Waals surface area (Å²) in [6.45, 7) is 4.31. The first-order valence-corrected chi connectivity index (χ1v) is 8.88. The van der Waals surface area contributed by atoms with Gasteiger partial charge in [-0.05, 0) is 37.2 Å². The highest BCUT2D eigenvalue weighted by molar-refractivity contribution is 7.71. The average molecular weight is 360 g/mol. The van der Waals surface area contributed by atoms with Crippen LogP contribution in [-0.2, 0) is 6.67 Å². The van der Waals surface area contributed by atoms with E-state index in [9.17, 15) is 10.1 Å². The highest BCUT2D eigenvalue weighted by atomic mass is 32.1.